The van der Waals surface area contributed by atoms with Crippen molar-refractivity contribution in [3.63, 3.8) is 0 Å². The van der Waals surface area contributed by atoms with Crippen LogP contribution in [0.15, 0.2) is 110 Å². The highest BCUT2D eigenvalue weighted by atomic mass is 32.2. The number of thioether (sulfide) groups is 2. The maximum atomic E-state index is 16.7. The smallest absolute Gasteiger partial charge is 0.363 e. The van der Waals surface area contributed by atoms with Crippen molar-refractivity contribution in [2.75, 3.05) is 36.1 Å². The molecule has 89 heavy (non-hydrogen) atoms. The molecule has 3 aliphatic heterocycles. The van der Waals surface area contributed by atoms with E-state index in [1.165, 1.54) is 36.4 Å². The van der Waals surface area contributed by atoms with E-state index in [1.54, 1.807) is 48.5 Å². The summed E-state index contributed by atoms with van der Waals surface area (Å²) in [6, 6.07) is 19.3. The van der Waals surface area contributed by atoms with Crippen LogP contribution in [-0.2, 0) is 28.7 Å². The molecule has 1 saturated heterocycles. The van der Waals surface area contributed by atoms with Gasteiger partial charge in [0.25, 0.3) is 11.8 Å². The van der Waals surface area contributed by atoms with E-state index in [4.69, 9.17) is 0 Å². The first kappa shape index (κ1) is 64.1. The zero-order valence-corrected chi connectivity index (χ0v) is 46.2. The number of hydrazone groups is 1. The third-order valence-electron chi connectivity index (χ3n) is 14.3. The van der Waals surface area contributed by atoms with Crippen molar-refractivity contribution in [3.8, 4) is 18.2 Å². The Morgan fingerprint density at radius 2 is 1.13 bits per heavy atom. The second kappa shape index (κ2) is 25.0. The molecular formula is C59H32F18N8O2S2. The number of hydrogen-bond donors (Lipinski definition) is 1. The van der Waals surface area contributed by atoms with Gasteiger partial charge in [-0.05, 0) is 65.1 Å². The van der Waals surface area contributed by atoms with Gasteiger partial charge < -0.3 is 15.1 Å². The minimum absolute atomic E-state index is 0.118. The second-order valence-electron chi connectivity index (χ2n) is 19.4. The Hall–Kier alpha value is -9.34. The first-order valence-corrected chi connectivity index (χ1v) is 27.4. The molecule has 1 N–H and O–H groups in total. The van der Waals surface area contributed by atoms with Gasteiger partial charge in [-0.15, -0.1) is 23.5 Å². The Morgan fingerprint density at radius 3 is 1.58 bits per heavy atom. The number of benzene rings is 6. The van der Waals surface area contributed by atoms with E-state index in [9.17, 15) is 69.3 Å². The largest absolute Gasteiger partial charge is 0.422 e. The zero-order chi connectivity index (χ0) is 64.9. The van der Waals surface area contributed by atoms with Crippen molar-refractivity contribution in [1.82, 2.24) is 10.2 Å². The van der Waals surface area contributed by atoms with Crippen molar-refractivity contribution in [2.45, 2.75) is 53.0 Å². The van der Waals surface area contributed by atoms with Gasteiger partial charge in [-0.3, -0.25) is 14.6 Å². The molecule has 2 amide bonds. The Kier molecular flexibility index (Phi) is 18.0. The van der Waals surface area contributed by atoms with Crippen LogP contribution < -0.4 is 15.2 Å². The third-order valence-corrected chi connectivity index (χ3v) is 16.5. The van der Waals surface area contributed by atoms with E-state index in [0.717, 1.165) is 33.9 Å². The monoisotopic (exact) mass is 1290 g/mol. The van der Waals surface area contributed by atoms with E-state index >= 15 is 35.1 Å². The van der Waals surface area contributed by atoms with E-state index in [0.29, 0.717) is 11.1 Å². The topological polar surface area (TPSA) is 140 Å². The van der Waals surface area contributed by atoms with Gasteiger partial charge in [-0.2, -0.15) is 47.2 Å². The van der Waals surface area contributed by atoms with Gasteiger partial charge >= 0.3 is 12.4 Å². The fourth-order valence-corrected chi connectivity index (χ4v) is 11.9. The van der Waals surface area contributed by atoms with Crippen LogP contribution in [0.3, 0.4) is 0 Å². The molecule has 0 aliphatic carbocycles. The van der Waals surface area contributed by atoms with E-state index < -0.39 is 181 Å². The molecule has 1 fully saturated rings. The van der Waals surface area contributed by atoms with Gasteiger partial charge in [-0.1, -0.05) is 48.5 Å². The first-order valence-electron chi connectivity index (χ1n) is 25.4. The number of hydrogen-bond acceptors (Lipinski definition) is 10. The molecule has 3 aliphatic rings. The number of alkyl halides is 6. The van der Waals surface area contributed by atoms with Crippen LogP contribution in [0.5, 0.6) is 0 Å². The molecule has 10 nitrogen and oxygen atoms in total. The summed E-state index contributed by atoms with van der Waals surface area (Å²) in [5, 5.41) is 36.3. The maximum Gasteiger partial charge on any atom is 0.422 e. The van der Waals surface area contributed by atoms with E-state index in [1.807, 2.05) is 0 Å². The molecule has 458 valence electrons. The average Bonchev–Trinajstić information content (AvgIpc) is 1.74. The van der Waals surface area contributed by atoms with E-state index in [-0.39, 0.29) is 74.9 Å². The molecule has 30 heteroatoms. The van der Waals surface area contributed by atoms with Crippen LogP contribution in [0, 0.1) is 111 Å². The predicted octanol–water partition coefficient (Wildman–Crippen LogP) is 14.9. The minimum atomic E-state index is -5.91. The molecule has 6 aromatic rings. The Labute approximate surface area is 498 Å². The van der Waals surface area contributed by atoms with Crippen LogP contribution >= 0.6 is 23.5 Å². The Bertz CT molecular complexity index is 4010. The quantitative estimate of drug-likeness (QED) is 0.0518. The summed E-state index contributed by atoms with van der Waals surface area (Å²) >= 11 is -0.280. The lowest BCUT2D eigenvalue weighted by molar-refractivity contribution is -0.144. The minimum Gasteiger partial charge on any atom is -0.363 e. The van der Waals surface area contributed by atoms with Gasteiger partial charge in [0, 0.05) is 49.7 Å². The normalized spacial score (nSPS) is 15.4. The van der Waals surface area contributed by atoms with Crippen molar-refractivity contribution < 1.29 is 88.6 Å². The van der Waals surface area contributed by atoms with E-state index in [2.05, 4.69) is 10.4 Å². The van der Waals surface area contributed by atoms with Crippen LogP contribution in [0.25, 0.3) is 6.08 Å². The highest BCUT2D eigenvalue weighted by molar-refractivity contribution is 7.98. The Morgan fingerprint density at radius 1 is 0.652 bits per heavy atom. The highest BCUT2D eigenvalue weighted by Crippen LogP contribution is 2.46. The molecule has 0 aromatic heterocycles. The summed E-state index contributed by atoms with van der Waals surface area (Å²) in [5.41, 5.74) is -9.21. The number of piperazine rings is 1. The summed E-state index contributed by atoms with van der Waals surface area (Å²) in [6.45, 7) is -1.02. The predicted molar refractivity (Wildman–Crippen MR) is 285 cm³/mol. The van der Waals surface area contributed by atoms with Gasteiger partial charge in [-0.25, -0.2) is 52.7 Å². The SMILES string of the molecule is Cc1c(CSc2c(F)c(F)c(C(F)(F)F)c(F)c2F)cc(C(=O)N2CCN(c3c(F)c(F)c(C4CC(c5ccccc5)=NN4c4ccc(/C=C/C5=C(C#N)C(=C(C#N)C#N)NC5=O)cc4)c(F)c3F)CC2)cc1CSc1c(F)c(F)c(C(F)(F)F)c(F)c1F. The fourth-order valence-electron chi connectivity index (χ4n) is 9.85. The highest BCUT2D eigenvalue weighted by Gasteiger charge is 2.45. The molecule has 0 radical (unpaired) electrons. The number of carbonyl (C=O) groups excluding carboxylic acids is 2. The van der Waals surface area contributed by atoms with Crippen LogP contribution in [0.1, 0.15) is 67.3 Å². The molecule has 0 bridgehead atoms. The maximum absolute atomic E-state index is 16.7. The number of amides is 2. The summed E-state index contributed by atoms with van der Waals surface area (Å²) in [5.74, 6) is -32.2. The van der Waals surface area contributed by atoms with Crippen LogP contribution in [0.4, 0.5) is 90.4 Å². The lowest BCUT2D eigenvalue weighted by atomic mass is 9.96. The molecule has 0 saturated carbocycles. The number of halogens is 18. The fraction of sp³-hybridized carbons (Fsp3) is 0.186. The number of nitrogens with one attached hydrogen (secondary N) is 1. The van der Waals surface area contributed by atoms with Gasteiger partial charge in [0.1, 0.15) is 35.0 Å². The molecule has 6 aromatic carbocycles. The number of nitriles is 3. The lowest BCUT2D eigenvalue weighted by Crippen LogP contribution is -2.49. The molecule has 1 atom stereocenters. The zero-order valence-electron chi connectivity index (χ0n) is 44.6. The Balaban J connectivity index is 0.992. The van der Waals surface area contributed by atoms with Crippen LogP contribution in [0.2, 0.25) is 0 Å². The van der Waals surface area contributed by atoms with Crippen molar-refractivity contribution in [2.24, 2.45) is 5.10 Å². The standard InChI is InChI=1S/C59H32F18N8O2S2/c1-25-29(23-88-54-48(68)42(62)38(58(72,73)74)43(63)49(54)69)17-28(18-30(25)24-89-55-50(70)44(64)39(59(75,76)77)45(65)51(55)71)57(87)84-15-13-83(14-16-84)53-46(66)40(60)37(41(61)47(53)67)36-19-35(27-5-3-2-4-6-27)82-85(36)32-10-7-26(8-11-32)9-12-33-34(22-80)52(81-56(33)86)31(20-78)21-79/h2-12,17-18,36H,13-16,19,23-24H2,1H3,(H,81,86)/b12-9+. The van der Waals surface area contributed by atoms with Crippen LogP contribution in [-0.4, -0.2) is 48.6 Å². The molecule has 9 rings (SSSR count). The van der Waals surface area contributed by atoms with Crippen molar-refractivity contribution in [1.29, 1.82) is 15.8 Å². The van der Waals surface area contributed by atoms with Gasteiger partial charge in [0.05, 0.1) is 49.6 Å². The second-order valence-corrected chi connectivity index (χ2v) is 21.4. The first-order chi connectivity index (χ1) is 42.0. The van der Waals surface area contributed by atoms with Crippen molar-refractivity contribution in [3.05, 3.63) is 215 Å². The number of allylic oxidation sites excluding steroid dienone is 2. The third kappa shape index (κ3) is 12.1. The average molecular weight is 1290 g/mol. The molecular weight excluding hydrogens is 1260 g/mol. The summed E-state index contributed by atoms with van der Waals surface area (Å²) in [6.07, 6.45) is -9.50. The number of anilines is 2. The summed E-state index contributed by atoms with van der Waals surface area (Å²) < 4.78 is 265. The number of carbonyl (C=O) groups is 2. The number of rotatable bonds is 13. The molecule has 1 unspecified atom stereocenters. The molecule has 3 heterocycles. The summed E-state index contributed by atoms with van der Waals surface area (Å²) in [4.78, 5) is 25.6. The van der Waals surface area contributed by atoms with Gasteiger partial charge in [0.15, 0.2) is 75.4 Å². The number of nitrogens with zero attached hydrogens (tertiary/aromatic N) is 7. The summed E-state index contributed by atoms with van der Waals surface area (Å²) in [7, 11) is 0. The molecule has 0 spiro atoms. The lowest BCUT2D eigenvalue weighted by Gasteiger charge is -2.37. The van der Waals surface area contributed by atoms with Gasteiger partial charge in [0.2, 0.25) is 0 Å². The van der Waals surface area contributed by atoms with Crippen molar-refractivity contribution >= 4 is 58.5 Å².